The van der Waals surface area contributed by atoms with Crippen LogP contribution in [0.4, 0.5) is 0 Å². The van der Waals surface area contributed by atoms with Crippen LogP contribution in [0, 0.1) is 11.8 Å². The number of Topliss-reactive ketones (excluding diaryl/α,β-unsaturated/α-hetero) is 1. The first-order valence-corrected chi connectivity index (χ1v) is 9.73. The maximum absolute atomic E-state index is 11.5. The maximum atomic E-state index is 11.5. The highest BCUT2D eigenvalue weighted by atomic mass is 35.5. The van der Waals surface area contributed by atoms with Gasteiger partial charge in [0, 0.05) is 41.4 Å². The Bertz CT molecular complexity index is 606. The van der Waals surface area contributed by atoms with Crippen molar-refractivity contribution in [3.63, 3.8) is 0 Å². The van der Waals surface area contributed by atoms with Crippen LogP contribution in [0.1, 0.15) is 32.6 Å². The number of benzene rings is 1. The van der Waals surface area contributed by atoms with Gasteiger partial charge in [0.2, 0.25) is 5.79 Å². The standard InChI is InChI=1S/C18H21ClO4S/c1-17(11-24-16-4-2-14(19)3-5-16)10-21-18(23-22-17)8-12-6-15(20)7-13(12)9-18/h2-5,12-13H,6-11H2,1H3. The topological polar surface area (TPSA) is 44.8 Å². The van der Waals surface area contributed by atoms with Gasteiger partial charge in [0.05, 0.1) is 6.61 Å². The number of rotatable bonds is 3. The summed E-state index contributed by atoms with van der Waals surface area (Å²) in [5.74, 6) is 1.26. The average molecular weight is 369 g/mol. The number of hydrogen-bond acceptors (Lipinski definition) is 5. The quantitative estimate of drug-likeness (QED) is 0.589. The number of carbonyl (C=O) groups is 1. The lowest BCUT2D eigenvalue weighted by Crippen LogP contribution is -2.51. The summed E-state index contributed by atoms with van der Waals surface area (Å²) in [6.07, 6.45) is 2.87. The van der Waals surface area contributed by atoms with Crippen molar-refractivity contribution in [1.82, 2.24) is 0 Å². The number of thioether (sulfide) groups is 1. The van der Waals surface area contributed by atoms with E-state index in [1.54, 1.807) is 11.8 Å². The Morgan fingerprint density at radius 2 is 1.83 bits per heavy atom. The Morgan fingerprint density at radius 1 is 1.17 bits per heavy atom. The predicted molar refractivity (Wildman–Crippen MR) is 91.9 cm³/mol. The molecular weight excluding hydrogens is 348 g/mol. The second-order valence-corrected chi connectivity index (χ2v) is 8.92. The molecule has 3 fully saturated rings. The summed E-state index contributed by atoms with van der Waals surface area (Å²) in [5, 5.41) is 0.735. The molecule has 2 saturated carbocycles. The summed E-state index contributed by atoms with van der Waals surface area (Å²) >= 11 is 7.61. The molecule has 0 bridgehead atoms. The Hall–Kier alpha value is -0.590. The lowest BCUT2D eigenvalue weighted by atomic mass is 10.0. The van der Waals surface area contributed by atoms with Crippen molar-refractivity contribution < 1.29 is 19.3 Å². The molecule has 1 spiro atoms. The molecule has 6 heteroatoms. The van der Waals surface area contributed by atoms with Crippen molar-refractivity contribution in [3.8, 4) is 0 Å². The molecule has 2 aliphatic carbocycles. The number of hydrogen-bond donors (Lipinski definition) is 0. The Kier molecular flexibility index (Phi) is 4.42. The summed E-state index contributed by atoms with van der Waals surface area (Å²) in [4.78, 5) is 24.2. The maximum Gasteiger partial charge on any atom is 0.202 e. The van der Waals surface area contributed by atoms with Crippen molar-refractivity contribution in [1.29, 1.82) is 0 Å². The van der Waals surface area contributed by atoms with E-state index in [2.05, 4.69) is 0 Å². The fourth-order valence-electron chi connectivity index (χ4n) is 3.89. The van der Waals surface area contributed by atoms with Crippen LogP contribution in [0.5, 0.6) is 0 Å². The largest absolute Gasteiger partial charge is 0.344 e. The first kappa shape index (κ1) is 16.9. The van der Waals surface area contributed by atoms with Gasteiger partial charge in [-0.2, -0.15) is 0 Å². The zero-order chi connectivity index (χ0) is 16.8. The molecule has 3 atom stereocenters. The highest BCUT2D eigenvalue weighted by molar-refractivity contribution is 7.99. The van der Waals surface area contributed by atoms with Crippen molar-refractivity contribution in [3.05, 3.63) is 29.3 Å². The summed E-state index contributed by atoms with van der Waals surface area (Å²) < 4.78 is 6.13. The van der Waals surface area contributed by atoms with Crippen molar-refractivity contribution >= 4 is 29.1 Å². The second kappa shape index (κ2) is 6.29. The van der Waals surface area contributed by atoms with Crippen LogP contribution in [-0.2, 0) is 19.3 Å². The molecule has 4 nitrogen and oxygen atoms in total. The van der Waals surface area contributed by atoms with E-state index >= 15 is 0 Å². The third-order valence-corrected chi connectivity index (χ3v) is 6.80. The molecule has 0 amide bonds. The molecular formula is C18H21ClO4S. The molecule has 1 saturated heterocycles. The molecule has 0 N–H and O–H groups in total. The number of ketones is 1. The van der Waals surface area contributed by atoms with E-state index in [4.69, 9.17) is 26.1 Å². The minimum Gasteiger partial charge on any atom is -0.344 e. The predicted octanol–water partition coefficient (Wildman–Crippen LogP) is 4.25. The van der Waals surface area contributed by atoms with Gasteiger partial charge in [0.25, 0.3) is 0 Å². The molecule has 3 aliphatic rings. The molecule has 24 heavy (non-hydrogen) atoms. The molecule has 0 aromatic heterocycles. The Balaban J connectivity index is 1.32. The lowest BCUT2D eigenvalue weighted by molar-refractivity contribution is -0.504. The molecule has 4 rings (SSSR count). The fourth-order valence-corrected chi connectivity index (χ4v) is 4.95. The molecule has 1 aromatic rings. The van der Waals surface area contributed by atoms with Gasteiger partial charge in [-0.1, -0.05) is 11.6 Å². The van der Waals surface area contributed by atoms with Gasteiger partial charge in [0.15, 0.2) is 0 Å². The van der Waals surface area contributed by atoms with E-state index in [9.17, 15) is 4.79 Å². The molecule has 1 heterocycles. The van der Waals surface area contributed by atoms with Gasteiger partial charge in [-0.15, -0.1) is 11.8 Å². The van der Waals surface area contributed by atoms with E-state index in [1.165, 1.54) is 0 Å². The molecule has 130 valence electrons. The number of halogens is 1. The van der Waals surface area contributed by atoms with Crippen LogP contribution in [0.25, 0.3) is 0 Å². The van der Waals surface area contributed by atoms with E-state index in [0.29, 0.717) is 37.1 Å². The molecule has 1 aromatic carbocycles. The van der Waals surface area contributed by atoms with Crippen LogP contribution in [0.3, 0.4) is 0 Å². The summed E-state index contributed by atoms with van der Waals surface area (Å²) in [6, 6.07) is 7.76. The first-order chi connectivity index (χ1) is 11.5. The van der Waals surface area contributed by atoms with Crippen LogP contribution in [0.15, 0.2) is 29.2 Å². The average Bonchev–Trinajstić information content (AvgIpc) is 3.05. The molecule has 0 radical (unpaired) electrons. The highest BCUT2D eigenvalue weighted by Crippen LogP contribution is 2.51. The van der Waals surface area contributed by atoms with Gasteiger partial charge >= 0.3 is 0 Å². The number of fused-ring (bicyclic) bond motifs is 1. The van der Waals surface area contributed by atoms with Crippen LogP contribution >= 0.6 is 23.4 Å². The van der Waals surface area contributed by atoms with E-state index in [0.717, 1.165) is 28.5 Å². The van der Waals surface area contributed by atoms with Crippen LogP contribution < -0.4 is 0 Å². The second-order valence-electron chi connectivity index (χ2n) is 7.43. The molecule has 1 aliphatic heterocycles. The summed E-state index contributed by atoms with van der Waals surface area (Å²) in [7, 11) is 0. The zero-order valence-electron chi connectivity index (χ0n) is 13.6. The smallest absolute Gasteiger partial charge is 0.202 e. The Labute approximate surface area is 151 Å². The van der Waals surface area contributed by atoms with E-state index < -0.39 is 11.4 Å². The number of carbonyl (C=O) groups excluding carboxylic acids is 1. The van der Waals surface area contributed by atoms with Crippen molar-refractivity contribution in [2.75, 3.05) is 12.4 Å². The lowest BCUT2D eigenvalue weighted by Gasteiger charge is -2.41. The van der Waals surface area contributed by atoms with Crippen LogP contribution in [-0.4, -0.2) is 29.5 Å². The summed E-state index contributed by atoms with van der Waals surface area (Å²) in [6.45, 7) is 2.50. The van der Waals surface area contributed by atoms with Gasteiger partial charge in [-0.05, 0) is 43.0 Å². The van der Waals surface area contributed by atoms with Crippen LogP contribution in [0.2, 0.25) is 5.02 Å². The fraction of sp³-hybridized carbons (Fsp3) is 0.611. The summed E-state index contributed by atoms with van der Waals surface area (Å²) in [5.41, 5.74) is -0.483. The third kappa shape index (κ3) is 3.37. The molecule has 3 unspecified atom stereocenters. The minimum atomic E-state index is -0.638. The first-order valence-electron chi connectivity index (χ1n) is 8.36. The van der Waals surface area contributed by atoms with Crippen molar-refractivity contribution in [2.24, 2.45) is 11.8 Å². The van der Waals surface area contributed by atoms with E-state index in [-0.39, 0.29) is 0 Å². The Morgan fingerprint density at radius 3 is 2.42 bits per heavy atom. The van der Waals surface area contributed by atoms with Crippen molar-refractivity contribution in [2.45, 2.75) is 48.9 Å². The highest BCUT2D eigenvalue weighted by Gasteiger charge is 2.55. The van der Waals surface area contributed by atoms with Gasteiger partial charge in [-0.25, -0.2) is 9.78 Å². The minimum absolute atomic E-state index is 0.376. The van der Waals surface area contributed by atoms with Gasteiger partial charge in [0.1, 0.15) is 11.4 Å². The van der Waals surface area contributed by atoms with E-state index in [1.807, 2.05) is 31.2 Å². The normalized spacial score (nSPS) is 38.7. The van der Waals surface area contributed by atoms with Gasteiger partial charge in [-0.3, -0.25) is 4.79 Å². The monoisotopic (exact) mass is 368 g/mol. The van der Waals surface area contributed by atoms with Gasteiger partial charge < -0.3 is 4.74 Å². The zero-order valence-corrected chi connectivity index (χ0v) is 15.2. The third-order valence-electron chi connectivity index (χ3n) is 5.19. The SMILES string of the molecule is CC1(CSc2ccc(Cl)cc2)COC2(CC3CC(=O)CC3C2)OO1. The number of ether oxygens (including phenoxy) is 1.